The highest BCUT2D eigenvalue weighted by Gasteiger charge is 2.27. The van der Waals surface area contributed by atoms with Gasteiger partial charge in [-0.15, -0.1) is 11.3 Å². The van der Waals surface area contributed by atoms with Crippen LogP contribution >= 0.6 is 22.9 Å². The summed E-state index contributed by atoms with van der Waals surface area (Å²) in [5.41, 5.74) is 1.36. The van der Waals surface area contributed by atoms with Crippen molar-refractivity contribution < 1.29 is 0 Å². The molecule has 0 radical (unpaired) electrons. The van der Waals surface area contributed by atoms with Gasteiger partial charge >= 0.3 is 0 Å². The second-order valence-corrected chi connectivity index (χ2v) is 7.51. The van der Waals surface area contributed by atoms with E-state index in [1.165, 1.54) is 65.6 Å². The van der Waals surface area contributed by atoms with E-state index in [-0.39, 0.29) is 0 Å². The van der Waals surface area contributed by atoms with Crippen molar-refractivity contribution in [1.29, 1.82) is 0 Å². The molecule has 0 spiro atoms. The van der Waals surface area contributed by atoms with Crippen LogP contribution < -0.4 is 5.32 Å². The fourth-order valence-corrected chi connectivity index (χ4v) is 4.43. The van der Waals surface area contributed by atoms with Crippen LogP contribution in [0.2, 0.25) is 0 Å². The molecule has 106 valence electrons. The maximum atomic E-state index is 4.77. The first kappa shape index (κ1) is 12.7. The van der Waals surface area contributed by atoms with Gasteiger partial charge in [0, 0.05) is 35.3 Å². The fraction of sp³-hybridized carbons (Fsp3) is 0.643. The molecule has 0 bridgehead atoms. The van der Waals surface area contributed by atoms with E-state index in [1.54, 1.807) is 0 Å². The molecule has 2 aromatic rings. The highest BCUT2D eigenvalue weighted by molar-refractivity contribution is 7.11. The van der Waals surface area contributed by atoms with Gasteiger partial charge in [0.25, 0.3) is 0 Å². The standard InChI is InChI=1S/C14H18N4S2/c1-2-4-11-10(3-1)16-12(19-11)7-8-15-14-17-13(18-20-14)9-5-6-9/h9H,1-8H2,(H,15,17,18). The summed E-state index contributed by atoms with van der Waals surface area (Å²) in [7, 11) is 0. The number of hydrogen-bond donors (Lipinski definition) is 1. The van der Waals surface area contributed by atoms with Gasteiger partial charge in [-0.25, -0.2) is 9.97 Å². The van der Waals surface area contributed by atoms with Crippen LogP contribution in [0.3, 0.4) is 0 Å². The lowest BCUT2D eigenvalue weighted by molar-refractivity contribution is 0.680. The summed E-state index contributed by atoms with van der Waals surface area (Å²) >= 11 is 3.40. The van der Waals surface area contributed by atoms with Crippen LogP contribution in [0.1, 0.15) is 53.0 Å². The van der Waals surface area contributed by atoms with Crippen molar-refractivity contribution in [2.45, 2.75) is 50.9 Å². The van der Waals surface area contributed by atoms with E-state index in [9.17, 15) is 0 Å². The maximum absolute atomic E-state index is 4.77. The molecular formula is C14H18N4S2. The van der Waals surface area contributed by atoms with Gasteiger partial charge in [-0.1, -0.05) is 0 Å². The lowest BCUT2D eigenvalue weighted by atomic mass is 10.0. The molecule has 2 aromatic heterocycles. The Labute approximate surface area is 126 Å². The largest absolute Gasteiger partial charge is 0.360 e. The molecule has 0 unspecified atom stereocenters. The Kier molecular flexibility index (Phi) is 3.44. The molecule has 1 fully saturated rings. The summed E-state index contributed by atoms with van der Waals surface area (Å²) in [6.07, 6.45) is 8.59. The summed E-state index contributed by atoms with van der Waals surface area (Å²) < 4.78 is 4.41. The van der Waals surface area contributed by atoms with Gasteiger partial charge in [0.05, 0.1) is 10.7 Å². The Morgan fingerprint density at radius 3 is 2.90 bits per heavy atom. The molecule has 20 heavy (non-hydrogen) atoms. The molecule has 0 amide bonds. The van der Waals surface area contributed by atoms with Crippen molar-refractivity contribution in [3.63, 3.8) is 0 Å². The van der Waals surface area contributed by atoms with Crippen LogP contribution in [-0.2, 0) is 19.3 Å². The molecule has 4 nitrogen and oxygen atoms in total. The van der Waals surface area contributed by atoms with E-state index in [0.29, 0.717) is 5.92 Å². The first-order valence-electron chi connectivity index (χ1n) is 7.43. The summed E-state index contributed by atoms with van der Waals surface area (Å²) in [5.74, 6) is 1.69. The van der Waals surface area contributed by atoms with E-state index >= 15 is 0 Å². The summed E-state index contributed by atoms with van der Waals surface area (Å²) in [5, 5.41) is 5.63. The number of aromatic nitrogens is 3. The number of rotatable bonds is 5. The number of anilines is 1. The van der Waals surface area contributed by atoms with Crippen LogP contribution in [0.4, 0.5) is 5.13 Å². The van der Waals surface area contributed by atoms with Gasteiger partial charge in [0.1, 0.15) is 5.82 Å². The van der Waals surface area contributed by atoms with Crippen molar-refractivity contribution in [2.24, 2.45) is 0 Å². The predicted octanol–water partition coefficient (Wildman–Crippen LogP) is 3.41. The van der Waals surface area contributed by atoms with Crippen molar-refractivity contribution in [3.05, 3.63) is 21.4 Å². The fourth-order valence-electron chi connectivity index (χ4n) is 2.60. The van der Waals surface area contributed by atoms with Crippen molar-refractivity contribution in [2.75, 3.05) is 11.9 Å². The monoisotopic (exact) mass is 306 g/mol. The predicted molar refractivity (Wildman–Crippen MR) is 82.8 cm³/mol. The quantitative estimate of drug-likeness (QED) is 0.920. The Hall–Kier alpha value is -1.01. The average molecular weight is 306 g/mol. The smallest absolute Gasteiger partial charge is 0.202 e. The van der Waals surface area contributed by atoms with Gasteiger partial charge < -0.3 is 5.32 Å². The number of fused-ring (bicyclic) bond motifs is 1. The second-order valence-electron chi connectivity index (χ2n) is 5.59. The Bertz CT molecular complexity index is 577. The van der Waals surface area contributed by atoms with Gasteiger partial charge in [-0.05, 0) is 38.5 Å². The van der Waals surface area contributed by atoms with Gasteiger partial charge in [-0.2, -0.15) is 4.37 Å². The highest BCUT2D eigenvalue weighted by Crippen LogP contribution is 2.39. The maximum Gasteiger partial charge on any atom is 0.202 e. The normalized spacial score (nSPS) is 18.0. The molecule has 2 aliphatic rings. The third-order valence-corrected chi connectivity index (χ3v) is 5.79. The van der Waals surface area contributed by atoms with E-state index in [0.717, 1.165) is 23.9 Å². The minimum absolute atomic E-state index is 0.646. The molecule has 0 aliphatic heterocycles. The van der Waals surface area contributed by atoms with E-state index in [2.05, 4.69) is 14.7 Å². The van der Waals surface area contributed by atoms with E-state index in [1.807, 2.05) is 11.3 Å². The molecule has 2 aliphatic carbocycles. The number of aryl methyl sites for hydroxylation is 2. The summed E-state index contributed by atoms with van der Waals surface area (Å²) in [6.45, 7) is 0.908. The Balaban J connectivity index is 1.32. The number of hydrogen-bond acceptors (Lipinski definition) is 6. The summed E-state index contributed by atoms with van der Waals surface area (Å²) in [6, 6.07) is 0. The Morgan fingerprint density at radius 2 is 2.05 bits per heavy atom. The minimum Gasteiger partial charge on any atom is -0.360 e. The van der Waals surface area contributed by atoms with Crippen LogP contribution in [0.25, 0.3) is 0 Å². The topological polar surface area (TPSA) is 50.7 Å². The van der Waals surface area contributed by atoms with Gasteiger partial charge in [0.15, 0.2) is 0 Å². The third kappa shape index (κ3) is 2.72. The third-order valence-electron chi connectivity index (χ3n) is 3.89. The number of thiazole rings is 1. The first-order chi connectivity index (χ1) is 9.88. The highest BCUT2D eigenvalue weighted by atomic mass is 32.1. The molecule has 4 rings (SSSR count). The van der Waals surface area contributed by atoms with E-state index < -0.39 is 0 Å². The van der Waals surface area contributed by atoms with Crippen molar-refractivity contribution >= 4 is 28.0 Å². The van der Waals surface area contributed by atoms with Crippen molar-refractivity contribution in [1.82, 2.24) is 14.3 Å². The van der Waals surface area contributed by atoms with Gasteiger partial charge in [0.2, 0.25) is 5.13 Å². The number of nitrogens with one attached hydrogen (secondary N) is 1. The average Bonchev–Trinajstić information content (AvgIpc) is 3.06. The van der Waals surface area contributed by atoms with Crippen LogP contribution in [0.15, 0.2) is 0 Å². The minimum atomic E-state index is 0.646. The SMILES string of the molecule is C1CCc2sc(CCNc3nc(C4CC4)ns3)nc2C1. The van der Waals surface area contributed by atoms with Crippen molar-refractivity contribution in [3.8, 4) is 0 Å². The van der Waals surface area contributed by atoms with Gasteiger partial charge in [-0.3, -0.25) is 0 Å². The lowest BCUT2D eigenvalue weighted by Crippen LogP contribution is -2.04. The molecule has 0 saturated heterocycles. The Morgan fingerprint density at radius 1 is 1.15 bits per heavy atom. The molecular weight excluding hydrogens is 288 g/mol. The zero-order valence-corrected chi connectivity index (χ0v) is 13.0. The summed E-state index contributed by atoms with van der Waals surface area (Å²) in [4.78, 5) is 10.8. The molecule has 0 atom stereocenters. The van der Waals surface area contributed by atoms with E-state index in [4.69, 9.17) is 4.98 Å². The molecule has 1 N–H and O–H groups in total. The van der Waals surface area contributed by atoms with Crippen LogP contribution in [-0.4, -0.2) is 20.9 Å². The molecule has 0 aromatic carbocycles. The number of nitrogens with zero attached hydrogens (tertiary/aromatic N) is 3. The first-order valence-corrected chi connectivity index (χ1v) is 9.02. The van der Waals surface area contributed by atoms with Crippen LogP contribution in [0, 0.1) is 0 Å². The molecule has 6 heteroatoms. The zero-order chi connectivity index (χ0) is 13.4. The molecule has 1 saturated carbocycles. The lowest BCUT2D eigenvalue weighted by Gasteiger charge is -2.06. The zero-order valence-electron chi connectivity index (χ0n) is 11.4. The van der Waals surface area contributed by atoms with Crippen LogP contribution in [0.5, 0.6) is 0 Å². The molecule has 2 heterocycles. The second kappa shape index (κ2) is 5.41.